The molecule has 2 aromatic rings. The molecule has 3 unspecified atom stereocenters. The highest BCUT2D eigenvalue weighted by molar-refractivity contribution is 9.10. The fourth-order valence-corrected chi connectivity index (χ4v) is 6.66. The van der Waals surface area contributed by atoms with E-state index >= 15 is 0 Å². The largest absolute Gasteiger partial charge is 0.468 e. The molecule has 0 saturated carbocycles. The van der Waals surface area contributed by atoms with E-state index < -0.39 is 5.91 Å². The van der Waals surface area contributed by atoms with Gasteiger partial charge in [-0.25, -0.2) is 14.3 Å². The summed E-state index contributed by atoms with van der Waals surface area (Å²) in [6, 6.07) is 9.66. The Morgan fingerprint density at radius 3 is 1.57 bits per heavy atom. The zero-order valence-electron chi connectivity index (χ0n) is 28.0. The van der Waals surface area contributed by atoms with E-state index in [1.165, 1.54) is 49.9 Å². The van der Waals surface area contributed by atoms with Crippen LogP contribution >= 0.6 is 39.5 Å². The number of methoxy groups -OCH3 is 2. The summed E-state index contributed by atoms with van der Waals surface area (Å²) in [5, 5.41) is 8.15. The number of aryl methyl sites for hydroxylation is 2. The number of halogens is 3. The fourth-order valence-electron chi connectivity index (χ4n) is 3.79. The summed E-state index contributed by atoms with van der Waals surface area (Å²) < 4.78 is 35.6. The third-order valence-electron chi connectivity index (χ3n) is 6.59. The van der Waals surface area contributed by atoms with Crippen molar-refractivity contribution in [3.8, 4) is 0 Å². The lowest BCUT2D eigenvalue weighted by molar-refractivity contribution is -0.140. The van der Waals surface area contributed by atoms with Crippen LogP contribution in [0.3, 0.4) is 0 Å². The van der Waals surface area contributed by atoms with Gasteiger partial charge in [-0.2, -0.15) is 0 Å². The molecule has 12 heteroatoms. The Morgan fingerprint density at radius 1 is 0.761 bits per heavy atom. The van der Waals surface area contributed by atoms with Crippen LogP contribution in [0.2, 0.25) is 0 Å². The first-order valence-electron chi connectivity index (χ1n) is 15.5. The second-order valence-corrected chi connectivity index (χ2v) is 14.1. The van der Waals surface area contributed by atoms with Crippen LogP contribution in [-0.2, 0) is 23.9 Å². The molecule has 0 aliphatic rings. The van der Waals surface area contributed by atoms with Crippen LogP contribution in [0.5, 0.6) is 0 Å². The smallest absolute Gasteiger partial charge is 0.319 e. The summed E-state index contributed by atoms with van der Waals surface area (Å²) in [4.78, 5) is 35.5. The Morgan fingerprint density at radius 2 is 1.17 bits per heavy atom. The third-order valence-corrected chi connectivity index (χ3v) is 9.92. The van der Waals surface area contributed by atoms with Crippen molar-refractivity contribution in [2.24, 2.45) is 0 Å². The van der Waals surface area contributed by atoms with Crippen LogP contribution in [0.4, 0.5) is 8.78 Å². The number of thioether (sulfide) groups is 2. The molecular formula is C34H50BrF2NO6S2. The number of alkyl halides is 1. The molecule has 3 atom stereocenters. The quantitative estimate of drug-likeness (QED) is 0.0576. The van der Waals surface area contributed by atoms with Gasteiger partial charge in [0.1, 0.15) is 21.7 Å². The van der Waals surface area contributed by atoms with Crippen molar-refractivity contribution in [1.29, 1.82) is 0 Å². The van der Waals surface area contributed by atoms with Gasteiger partial charge in [0.25, 0.3) is 5.91 Å². The number of ether oxygens (including phenoxy) is 2. The van der Waals surface area contributed by atoms with Crippen molar-refractivity contribution >= 4 is 57.3 Å². The summed E-state index contributed by atoms with van der Waals surface area (Å²) in [5.41, 5.74) is 2.84. The number of hydroxylamine groups is 1. The summed E-state index contributed by atoms with van der Waals surface area (Å²) in [7, 11) is 2.81. The van der Waals surface area contributed by atoms with E-state index in [-0.39, 0.29) is 38.9 Å². The number of amides is 1. The minimum Gasteiger partial charge on any atom is -0.468 e. The maximum Gasteiger partial charge on any atom is 0.319 e. The Hall–Kier alpha value is -2.15. The van der Waals surface area contributed by atoms with Gasteiger partial charge in [0, 0.05) is 9.79 Å². The van der Waals surface area contributed by atoms with Crippen molar-refractivity contribution in [1.82, 2.24) is 5.48 Å². The lowest BCUT2D eigenvalue weighted by atomic mass is 10.2. The molecule has 1 amide bonds. The highest BCUT2D eigenvalue weighted by Crippen LogP contribution is 2.30. The number of rotatable bonds is 16. The van der Waals surface area contributed by atoms with Gasteiger partial charge in [-0.05, 0) is 80.6 Å². The molecule has 0 fully saturated rings. The molecule has 0 spiro atoms. The maximum atomic E-state index is 13.2. The summed E-state index contributed by atoms with van der Waals surface area (Å²) in [6.07, 6.45) is 8.41. The van der Waals surface area contributed by atoms with Crippen molar-refractivity contribution in [2.75, 3.05) is 14.2 Å². The van der Waals surface area contributed by atoms with Gasteiger partial charge < -0.3 is 9.47 Å². The van der Waals surface area contributed by atoms with E-state index in [1.54, 1.807) is 43.6 Å². The third kappa shape index (κ3) is 18.3. The molecule has 0 radical (unpaired) electrons. The first kappa shape index (κ1) is 43.9. The standard InChI is InChI=1S/C14H19FO2S.C13H18FNO2S.C7H13BrO2/c1-4-5-6-13(14(16)17-3)18-11-7-8-12(15)10(2)9-11;1-3-4-5-12(13(16)15-17)18-10-6-7-11(14)9(2)8-10;1-3-4-5-6(8)7(9)10-2/h7-9,13H,4-6H2,1-3H3;6-8,12,17H,3-5H2,1-2H3,(H,15,16);6H,3-5H2,1-2H3. The number of nitrogens with one attached hydrogen (secondary N) is 1. The molecule has 2 rings (SSSR count). The van der Waals surface area contributed by atoms with Gasteiger partial charge in [-0.15, -0.1) is 23.5 Å². The zero-order valence-corrected chi connectivity index (χ0v) is 31.2. The van der Waals surface area contributed by atoms with E-state index in [9.17, 15) is 23.2 Å². The van der Waals surface area contributed by atoms with Gasteiger partial charge in [0.15, 0.2) is 0 Å². The molecule has 0 saturated heterocycles. The zero-order chi connectivity index (χ0) is 35.1. The Balaban J connectivity index is 0.000000691. The molecular weight excluding hydrogens is 700 g/mol. The number of esters is 2. The fraction of sp³-hybridized carbons (Fsp3) is 0.559. The number of carbonyl (C=O) groups excluding carboxylic acids is 3. The number of hydrogen-bond donors (Lipinski definition) is 2. The molecule has 7 nitrogen and oxygen atoms in total. The van der Waals surface area contributed by atoms with Crippen LogP contribution in [0.15, 0.2) is 46.2 Å². The molecule has 0 aromatic heterocycles. The van der Waals surface area contributed by atoms with Crippen molar-refractivity contribution in [3.63, 3.8) is 0 Å². The minimum atomic E-state index is -0.407. The Labute approximate surface area is 290 Å². The van der Waals surface area contributed by atoms with Crippen LogP contribution in [-0.4, -0.2) is 52.6 Å². The normalized spacial score (nSPS) is 12.3. The van der Waals surface area contributed by atoms with E-state index in [0.717, 1.165) is 61.2 Å². The maximum absolute atomic E-state index is 13.2. The lowest BCUT2D eigenvalue weighted by Crippen LogP contribution is -2.30. The summed E-state index contributed by atoms with van der Waals surface area (Å²) in [6.45, 7) is 9.63. The average Bonchev–Trinajstić information content (AvgIpc) is 3.06. The van der Waals surface area contributed by atoms with Gasteiger partial charge >= 0.3 is 11.9 Å². The highest BCUT2D eigenvalue weighted by atomic mass is 79.9. The van der Waals surface area contributed by atoms with E-state index in [4.69, 9.17) is 9.94 Å². The summed E-state index contributed by atoms with van der Waals surface area (Å²) >= 11 is 6.02. The van der Waals surface area contributed by atoms with E-state index in [0.29, 0.717) is 17.5 Å². The minimum absolute atomic E-state index is 0.113. The Kier molecular flexibility index (Phi) is 24.7. The number of benzene rings is 2. The monoisotopic (exact) mass is 749 g/mol. The lowest BCUT2D eigenvalue weighted by Gasteiger charge is -2.14. The van der Waals surface area contributed by atoms with Gasteiger partial charge in [0.05, 0.1) is 19.5 Å². The average molecular weight is 751 g/mol. The summed E-state index contributed by atoms with van der Waals surface area (Å²) in [5.74, 6) is -1.27. The van der Waals surface area contributed by atoms with Crippen molar-refractivity contribution in [3.05, 3.63) is 59.2 Å². The molecule has 0 heterocycles. The van der Waals surface area contributed by atoms with Gasteiger partial charge in [-0.1, -0.05) is 75.2 Å². The molecule has 46 heavy (non-hydrogen) atoms. The predicted molar refractivity (Wildman–Crippen MR) is 187 cm³/mol. The first-order valence-corrected chi connectivity index (χ1v) is 18.1. The second-order valence-electron chi connectivity index (χ2n) is 10.5. The molecule has 0 bridgehead atoms. The SMILES string of the molecule is CCCCC(Br)C(=O)OC.CCCCC(Sc1ccc(F)c(C)c1)C(=O)NO.CCCCC(Sc1ccc(F)c(C)c1)C(=O)OC. The number of carbonyl (C=O) groups is 3. The van der Waals surface area contributed by atoms with Gasteiger partial charge in [0.2, 0.25) is 0 Å². The molecule has 260 valence electrons. The van der Waals surface area contributed by atoms with E-state index in [2.05, 4.69) is 34.5 Å². The molecule has 2 aromatic carbocycles. The van der Waals surface area contributed by atoms with Crippen molar-refractivity contribution in [2.45, 2.75) is 118 Å². The van der Waals surface area contributed by atoms with Gasteiger partial charge in [-0.3, -0.25) is 19.6 Å². The predicted octanol–water partition coefficient (Wildman–Crippen LogP) is 9.36. The second kappa shape index (κ2) is 25.9. The number of unbranched alkanes of at least 4 members (excludes halogenated alkanes) is 3. The first-order chi connectivity index (χ1) is 21.9. The topological polar surface area (TPSA) is 102 Å². The van der Waals surface area contributed by atoms with Crippen molar-refractivity contribution < 1.29 is 37.8 Å². The van der Waals surface area contributed by atoms with E-state index in [1.807, 2.05) is 6.92 Å². The van der Waals surface area contributed by atoms with Crippen LogP contribution < -0.4 is 5.48 Å². The molecule has 0 aliphatic heterocycles. The highest BCUT2D eigenvalue weighted by Gasteiger charge is 2.21. The molecule has 0 aliphatic carbocycles. The van der Waals surface area contributed by atoms with Crippen LogP contribution in [0.1, 0.15) is 89.7 Å². The molecule has 2 N–H and O–H groups in total. The van der Waals surface area contributed by atoms with Crippen LogP contribution in [0.25, 0.3) is 0 Å². The Bertz CT molecular complexity index is 1110. The number of hydrogen-bond acceptors (Lipinski definition) is 8. The van der Waals surface area contributed by atoms with Crippen LogP contribution in [0, 0.1) is 25.5 Å².